The highest BCUT2D eigenvalue weighted by molar-refractivity contribution is 5.17. The molecule has 1 fully saturated rings. The number of likely N-dealkylation sites (tertiary alicyclic amines) is 1. The summed E-state index contributed by atoms with van der Waals surface area (Å²) in [5, 5.41) is 9.94. The molecular formula is C16H24FNO2. The second-order valence-electron chi connectivity index (χ2n) is 5.44. The van der Waals surface area contributed by atoms with Crippen LogP contribution >= 0.6 is 0 Å². The van der Waals surface area contributed by atoms with E-state index in [0.29, 0.717) is 25.8 Å². The van der Waals surface area contributed by atoms with Crippen LogP contribution in [0.3, 0.4) is 0 Å². The molecule has 2 rings (SSSR count). The fraction of sp³-hybridized carbons (Fsp3) is 0.625. The Morgan fingerprint density at radius 1 is 1.50 bits per heavy atom. The molecule has 0 bridgehead atoms. The average molecular weight is 281 g/mol. The number of aliphatic hydroxyl groups is 1. The lowest BCUT2D eigenvalue weighted by atomic mass is 10.0. The number of β-amino-alcohol motifs (C(OH)–C–C–N with tert-alkyl or cyclic N) is 1. The number of hydrogen-bond donors (Lipinski definition) is 1. The minimum Gasteiger partial charge on any atom is -0.389 e. The van der Waals surface area contributed by atoms with E-state index in [-0.39, 0.29) is 5.82 Å². The number of halogens is 1. The molecule has 0 aliphatic carbocycles. The molecule has 2 atom stereocenters. The molecule has 0 amide bonds. The van der Waals surface area contributed by atoms with Gasteiger partial charge in [-0.2, -0.15) is 0 Å². The Morgan fingerprint density at radius 2 is 2.35 bits per heavy atom. The lowest BCUT2D eigenvalue weighted by molar-refractivity contribution is 0.0188. The first kappa shape index (κ1) is 15.4. The molecule has 0 unspecified atom stereocenters. The standard InChI is InChI=1S/C16H24FNO2/c1-2-20-12-16(19)11-18-8-4-7-15(18)10-13-5-3-6-14(17)9-13/h3,5-6,9,15-16,19H,2,4,7-8,10-12H2,1H3/t15-,16-/m0/s1. The normalized spacial score (nSPS) is 21.2. The van der Waals surface area contributed by atoms with Gasteiger partial charge in [-0.3, -0.25) is 4.90 Å². The van der Waals surface area contributed by atoms with Crippen molar-refractivity contribution in [2.75, 3.05) is 26.3 Å². The third kappa shape index (κ3) is 4.54. The van der Waals surface area contributed by atoms with Crippen molar-refractivity contribution in [2.24, 2.45) is 0 Å². The number of rotatable bonds is 7. The Balaban J connectivity index is 1.87. The summed E-state index contributed by atoms with van der Waals surface area (Å²) in [6.45, 7) is 4.59. The van der Waals surface area contributed by atoms with Crippen LogP contribution in [-0.2, 0) is 11.2 Å². The maximum atomic E-state index is 13.2. The van der Waals surface area contributed by atoms with Crippen molar-refractivity contribution in [3.8, 4) is 0 Å². The minimum atomic E-state index is -0.442. The summed E-state index contributed by atoms with van der Waals surface area (Å²) in [5.41, 5.74) is 1.03. The smallest absolute Gasteiger partial charge is 0.123 e. The molecule has 0 spiro atoms. The number of nitrogens with zero attached hydrogens (tertiary/aromatic N) is 1. The Labute approximate surface area is 120 Å². The van der Waals surface area contributed by atoms with Crippen LogP contribution < -0.4 is 0 Å². The van der Waals surface area contributed by atoms with Crippen molar-refractivity contribution in [3.05, 3.63) is 35.6 Å². The molecule has 1 aromatic carbocycles. The Morgan fingerprint density at radius 3 is 3.10 bits per heavy atom. The summed E-state index contributed by atoms with van der Waals surface area (Å²) in [7, 11) is 0. The van der Waals surface area contributed by atoms with Gasteiger partial charge in [0.2, 0.25) is 0 Å². The molecule has 0 aromatic heterocycles. The minimum absolute atomic E-state index is 0.177. The predicted molar refractivity (Wildman–Crippen MR) is 77.2 cm³/mol. The fourth-order valence-electron chi connectivity index (χ4n) is 2.88. The zero-order valence-corrected chi connectivity index (χ0v) is 12.1. The van der Waals surface area contributed by atoms with E-state index in [0.717, 1.165) is 31.4 Å². The van der Waals surface area contributed by atoms with Crippen LogP contribution in [0.1, 0.15) is 25.3 Å². The third-order valence-corrected chi connectivity index (χ3v) is 3.82. The van der Waals surface area contributed by atoms with Crippen LogP contribution in [0.15, 0.2) is 24.3 Å². The van der Waals surface area contributed by atoms with Crippen LogP contribution in [0.2, 0.25) is 0 Å². The highest BCUT2D eigenvalue weighted by Gasteiger charge is 2.26. The van der Waals surface area contributed by atoms with E-state index in [9.17, 15) is 9.50 Å². The van der Waals surface area contributed by atoms with E-state index in [1.807, 2.05) is 13.0 Å². The van der Waals surface area contributed by atoms with Crippen LogP contribution in [0.25, 0.3) is 0 Å². The molecule has 0 radical (unpaired) electrons. The molecule has 112 valence electrons. The summed E-state index contributed by atoms with van der Waals surface area (Å²) in [4.78, 5) is 2.30. The van der Waals surface area contributed by atoms with Crippen LogP contribution in [-0.4, -0.2) is 48.5 Å². The highest BCUT2D eigenvalue weighted by Crippen LogP contribution is 2.21. The van der Waals surface area contributed by atoms with Crippen LogP contribution in [0.5, 0.6) is 0 Å². The van der Waals surface area contributed by atoms with Crippen LogP contribution in [0, 0.1) is 5.82 Å². The van der Waals surface area contributed by atoms with E-state index in [1.165, 1.54) is 6.07 Å². The topological polar surface area (TPSA) is 32.7 Å². The van der Waals surface area contributed by atoms with Gasteiger partial charge < -0.3 is 9.84 Å². The van der Waals surface area contributed by atoms with Gasteiger partial charge in [-0.1, -0.05) is 12.1 Å². The van der Waals surface area contributed by atoms with E-state index >= 15 is 0 Å². The zero-order valence-electron chi connectivity index (χ0n) is 12.1. The molecule has 1 aliphatic heterocycles. The summed E-state index contributed by atoms with van der Waals surface area (Å²) in [5.74, 6) is -0.177. The lowest BCUT2D eigenvalue weighted by Gasteiger charge is -2.26. The van der Waals surface area contributed by atoms with E-state index in [4.69, 9.17) is 4.74 Å². The third-order valence-electron chi connectivity index (χ3n) is 3.82. The van der Waals surface area contributed by atoms with E-state index < -0.39 is 6.10 Å². The molecule has 3 nitrogen and oxygen atoms in total. The maximum Gasteiger partial charge on any atom is 0.123 e. The molecule has 4 heteroatoms. The van der Waals surface area contributed by atoms with Gasteiger partial charge in [-0.05, 0) is 50.4 Å². The monoisotopic (exact) mass is 281 g/mol. The van der Waals surface area contributed by atoms with Gasteiger partial charge in [0.05, 0.1) is 12.7 Å². The molecule has 0 saturated carbocycles. The number of ether oxygens (including phenoxy) is 1. The Kier molecular flexibility index (Phi) is 5.95. The number of aliphatic hydroxyl groups excluding tert-OH is 1. The summed E-state index contributed by atoms with van der Waals surface area (Å²) in [6, 6.07) is 7.20. The maximum absolute atomic E-state index is 13.2. The van der Waals surface area contributed by atoms with Gasteiger partial charge in [0.15, 0.2) is 0 Å². The van der Waals surface area contributed by atoms with Crippen molar-refractivity contribution in [3.63, 3.8) is 0 Å². The highest BCUT2D eigenvalue weighted by atomic mass is 19.1. The first-order valence-electron chi connectivity index (χ1n) is 7.43. The molecule has 1 aliphatic rings. The zero-order chi connectivity index (χ0) is 14.4. The van der Waals surface area contributed by atoms with Crippen molar-refractivity contribution in [2.45, 2.75) is 38.3 Å². The van der Waals surface area contributed by atoms with Crippen molar-refractivity contribution in [1.82, 2.24) is 4.90 Å². The SMILES string of the molecule is CCOC[C@@H](O)CN1CCC[C@H]1Cc1cccc(F)c1. The lowest BCUT2D eigenvalue weighted by Crippen LogP contribution is -2.39. The first-order chi connectivity index (χ1) is 9.69. The molecule has 1 heterocycles. The molecule has 1 aromatic rings. The van der Waals surface area contributed by atoms with Gasteiger partial charge in [0, 0.05) is 19.2 Å². The molecule has 1 N–H and O–H groups in total. The second-order valence-corrected chi connectivity index (χ2v) is 5.44. The van der Waals surface area contributed by atoms with Crippen molar-refractivity contribution >= 4 is 0 Å². The van der Waals surface area contributed by atoms with E-state index in [2.05, 4.69) is 4.90 Å². The van der Waals surface area contributed by atoms with Crippen molar-refractivity contribution in [1.29, 1.82) is 0 Å². The Bertz CT molecular complexity index is 413. The van der Waals surface area contributed by atoms with Crippen molar-refractivity contribution < 1.29 is 14.2 Å². The second kappa shape index (κ2) is 7.72. The number of hydrogen-bond acceptors (Lipinski definition) is 3. The fourth-order valence-corrected chi connectivity index (χ4v) is 2.88. The van der Waals surface area contributed by atoms with Gasteiger partial charge in [-0.25, -0.2) is 4.39 Å². The van der Waals surface area contributed by atoms with Crippen LogP contribution in [0.4, 0.5) is 4.39 Å². The number of benzene rings is 1. The summed E-state index contributed by atoms with van der Waals surface area (Å²) in [6.07, 6.45) is 2.65. The summed E-state index contributed by atoms with van der Waals surface area (Å²) < 4.78 is 18.5. The molecular weight excluding hydrogens is 257 g/mol. The molecule has 20 heavy (non-hydrogen) atoms. The Hall–Kier alpha value is -0.970. The molecule has 1 saturated heterocycles. The largest absolute Gasteiger partial charge is 0.389 e. The van der Waals surface area contributed by atoms with Gasteiger partial charge >= 0.3 is 0 Å². The van der Waals surface area contributed by atoms with Gasteiger partial charge in [0.25, 0.3) is 0 Å². The predicted octanol–water partition coefficient (Wildman–Crippen LogP) is 2.23. The summed E-state index contributed by atoms with van der Waals surface area (Å²) >= 11 is 0. The quantitative estimate of drug-likeness (QED) is 0.832. The van der Waals surface area contributed by atoms with Gasteiger partial charge in [-0.15, -0.1) is 0 Å². The van der Waals surface area contributed by atoms with Gasteiger partial charge in [0.1, 0.15) is 5.82 Å². The van der Waals surface area contributed by atoms with E-state index in [1.54, 1.807) is 12.1 Å². The first-order valence-corrected chi connectivity index (χ1v) is 7.43. The average Bonchev–Trinajstić information content (AvgIpc) is 2.83.